The summed E-state index contributed by atoms with van der Waals surface area (Å²) in [5, 5.41) is 3.01. The van der Waals surface area contributed by atoms with Gasteiger partial charge in [-0.3, -0.25) is 9.79 Å². The van der Waals surface area contributed by atoms with Gasteiger partial charge in [0, 0.05) is 11.0 Å². The van der Waals surface area contributed by atoms with Crippen LogP contribution in [0, 0.1) is 5.41 Å². The molecule has 21 heavy (non-hydrogen) atoms. The van der Waals surface area contributed by atoms with Gasteiger partial charge in [-0.25, -0.2) is 0 Å². The summed E-state index contributed by atoms with van der Waals surface area (Å²) in [6.07, 6.45) is 0. The molecule has 0 unspecified atom stereocenters. The summed E-state index contributed by atoms with van der Waals surface area (Å²) in [5.74, 6) is -0.0854. The van der Waals surface area contributed by atoms with Crippen LogP contribution in [0.3, 0.4) is 0 Å². The lowest BCUT2D eigenvalue weighted by atomic mass is 9.88. The molecule has 1 rings (SSSR count). The first-order chi connectivity index (χ1) is 9.50. The maximum atomic E-state index is 12.5. The third-order valence-electron chi connectivity index (χ3n) is 3.02. The number of hydrogen-bond donors (Lipinski definition) is 1. The minimum Gasteiger partial charge on any atom is -0.346 e. The van der Waals surface area contributed by atoms with Gasteiger partial charge in [-0.1, -0.05) is 51.1 Å². The molecule has 0 saturated heterocycles. The van der Waals surface area contributed by atoms with Crippen LogP contribution >= 0.6 is 0 Å². The van der Waals surface area contributed by atoms with Crippen LogP contribution in [-0.4, -0.2) is 17.2 Å². The van der Waals surface area contributed by atoms with E-state index in [2.05, 4.69) is 5.32 Å². The Morgan fingerprint density at radius 2 is 1.57 bits per heavy atom. The standard InChI is InChI=1S/C18H28N2O/c1-13(14-11-9-8-10-12-14)19-15(17(2,3)4)16(21)20-18(5,6)7/h8-13H,1-7H3,(H,20,21)/b19-15+/t13-/m1/s1. The predicted molar refractivity (Wildman–Crippen MR) is 89.6 cm³/mol. The highest BCUT2D eigenvalue weighted by atomic mass is 16.2. The number of nitrogens with zero attached hydrogens (tertiary/aromatic N) is 1. The van der Waals surface area contributed by atoms with Gasteiger partial charge in [0.1, 0.15) is 5.71 Å². The maximum Gasteiger partial charge on any atom is 0.266 e. The van der Waals surface area contributed by atoms with E-state index in [1.807, 2.05) is 78.8 Å². The average molecular weight is 288 g/mol. The van der Waals surface area contributed by atoms with E-state index < -0.39 is 0 Å². The molecule has 0 aliphatic carbocycles. The number of amides is 1. The van der Waals surface area contributed by atoms with E-state index in [9.17, 15) is 4.79 Å². The first-order valence-electron chi connectivity index (χ1n) is 7.46. The molecular weight excluding hydrogens is 260 g/mol. The predicted octanol–water partition coefficient (Wildman–Crippen LogP) is 4.15. The lowest BCUT2D eigenvalue weighted by molar-refractivity contribution is -0.116. The fourth-order valence-electron chi connectivity index (χ4n) is 1.99. The van der Waals surface area contributed by atoms with Gasteiger partial charge in [-0.05, 0) is 33.3 Å². The van der Waals surface area contributed by atoms with Crippen molar-refractivity contribution in [2.24, 2.45) is 10.4 Å². The normalized spacial score (nSPS) is 14.7. The van der Waals surface area contributed by atoms with E-state index in [4.69, 9.17) is 4.99 Å². The van der Waals surface area contributed by atoms with Gasteiger partial charge in [-0.2, -0.15) is 0 Å². The van der Waals surface area contributed by atoms with Gasteiger partial charge < -0.3 is 5.32 Å². The SMILES string of the molecule is C[C@@H](/N=C(\C(=O)NC(C)(C)C)C(C)(C)C)c1ccccc1. The molecule has 0 aromatic heterocycles. The fraction of sp³-hybridized carbons (Fsp3) is 0.556. The van der Waals surface area contributed by atoms with Crippen LogP contribution in [0.15, 0.2) is 35.3 Å². The number of aliphatic imine (C=N–C) groups is 1. The van der Waals surface area contributed by atoms with Crippen molar-refractivity contribution >= 4 is 11.6 Å². The first kappa shape index (κ1) is 17.4. The summed E-state index contributed by atoms with van der Waals surface area (Å²) in [6.45, 7) is 14.0. The number of benzene rings is 1. The summed E-state index contributed by atoms with van der Waals surface area (Å²) >= 11 is 0. The quantitative estimate of drug-likeness (QED) is 0.834. The van der Waals surface area contributed by atoms with Crippen molar-refractivity contribution in [3.63, 3.8) is 0 Å². The molecule has 1 N–H and O–H groups in total. The topological polar surface area (TPSA) is 41.5 Å². The molecule has 0 fully saturated rings. The number of rotatable bonds is 3. The molecule has 1 atom stereocenters. The zero-order valence-corrected chi connectivity index (χ0v) is 14.3. The number of hydrogen-bond acceptors (Lipinski definition) is 2. The maximum absolute atomic E-state index is 12.5. The van der Waals surface area contributed by atoms with E-state index in [1.54, 1.807) is 0 Å². The molecule has 0 saturated carbocycles. The van der Waals surface area contributed by atoms with Crippen molar-refractivity contribution in [1.82, 2.24) is 5.32 Å². The second-order valence-corrected chi connectivity index (χ2v) is 7.52. The van der Waals surface area contributed by atoms with Gasteiger partial charge in [0.2, 0.25) is 0 Å². The Morgan fingerprint density at radius 1 is 1.05 bits per heavy atom. The lowest BCUT2D eigenvalue weighted by Gasteiger charge is -2.27. The van der Waals surface area contributed by atoms with E-state index in [-0.39, 0.29) is 22.9 Å². The second-order valence-electron chi connectivity index (χ2n) is 7.52. The van der Waals surface area contributed by atoms with E-state index in [0.717, 1.165) is 5.56 Å². The van der Waals surface area contributed by atoms with Gasteiger partial charge in [0.25, 0.3) is 5.91 Å². The number of carbonyl (C=O) groups is 1. The van der Waals surface area contributed by atoms with E-state index in [1.165, 1.54) is 0 Å². The molecule has 3 heteroatoms. The Hall–Kier alpha value is -1.64. The summed E-state index contributed by atoms with van der Waals surface area (Å²) in [4.78, 5) is 17.2. The summed E-state index contributed by atoms with van der Waals surface area (Å²) in [5.41, 5.74) is 1.15. The van der Waals surface area contributed by atoms with Crippen LogP contribution in [-0.2, 0) is 4.79 Å². The second kappa shape index (κ2) is 6.42. The highest BCUT2D eigenvalue weighted by molar-refractivity contribution is 6.40. The Balaban J connectivity index is 3.09. The van der Waals surface area contributed by atoms with Crippen LogP contribution in [0.4, 0.5) is 0 Å². The molecule has 0 radical (unpaired) electrons. The average Bonchev–Trinajstić information content (AvgIpc) is 2.33. The van der Waals surface area contributed by atoms with Gasteiger partial charge in [-0.15, -0.1) is 0 Å². The molecule has 116 valence electrons. The third kappa shape index (κ3) is 5.70. The van der Waals surface area contributed by atoms with Crippen molar-refractivity contribution in [1.29, 1.82) is 0 Å². The number of carbonyl (C=O) groups excluding carboxylic acids is 1. The highest BCUT2D eigenvalue weighted by Gasteiger charge is 2.29. The minimum absolute atomic E-state index is 0.0360. The van der Waals surface area contributed by atoms with Crippen molar-refractivity contribution in [2.45, 2.75) is 60.0 Å². The van der Waals surface area contributed by atoms with Crippen LogP contribution in [0.2, 0.25) is 0 Å². The van der Waals surface area contributed by atoms with Crippen LogP contribution < -0.4 is 5.32 Å². The molecule has 0 spiro atoms. The van der Waals surface area contributed by atoms with Crippen molar-refractivity contribution < 1.29 is 4.79 Å². The summed E-state index contributed by atoms with van der Waals surface area (Å²) < 4.78 is 0. The molecule has 1 amide bonds. The van der Waals surface area contributed by atoms with Gasteiger partial charge >= 0.3 is 0 Å². The molecule has 1 aromatic rings. The van der Waals surface area contributed by atoms with Crippen LogP contribution in [0.1, 0.15) is 60.1 Å². The molecule has 0 heterocycles. The molecular formula is C18H28N2O. The van der Waals surface area contributed by atoms with Gasteiger partial charge in [0.05, 0.1) is 6.04 Å². The largest absolute Gasteiger partial charge is 0.346 e. The van der Waals surface area contributed by atoms with E-state index >= 15 is 0 Å². The molecule has 0 aliphatic rings. The minimum atomic E-state index is -0.293. The van der Waals surface area contributed by atoms with Crippen molar-refractivity contribution in [3.05, 3.63) is 35.9 Å². The fourth-order valence-corrected chi connectivity index (χ4v) is 1.99. The van der Waals surface area contributed by atoms with E-state index in [0.29, 0.717) is 5.71 Å². The Morgan fingerprint density at radius 3 is 2.00 bits per heavy atom. The monoisotopic (exact) mass is 288 g/mol. The molecule has 0 bridgehead atoms. The zero-order chi connectivity index (χ0) is 16.3. The van der Waals surface area contributed by atoms with Crippen molar-refractivity contribution in [2.75, 3.05) is 0 Å². The summed E-state index contributed by atoms with van der Waals surface area (Å²) in [7, 11) is 0. The Kier molecular flexibility index (Phi) is 5.32. The first-order valence-corrected chi connectivity index (χ1v) is 7.46. The van der Waals surface area contributed by atoms with Crippen molar-refractivity contribution in [3.8, 4) is 0 Å². The van der Waals surface area contributed by atoms with Crippen LogP contribution in [0.25, 0.3) is 0 Å². The Labute approximate surface area is 128 Å². The molecule has 0 aliphatic heterocycles. The smallest absolute Gasteiger partial charge is 0.266 e. The summed E-state index contributed by atoms with van der Waals surface area (Å²) in [6, 6.07) is 10.0. The molecule has 3 nitrogen and oxygen atoms in total. The lowest BCUT2D eigenvalue weighted by Crippen LogP contribution is -2.47. The zero-order valence-electron chi connectivity index (χ0n) is 14.3. The molecule has 1 aromatic carbocycles. The van der Waals surface area contributed by atoms with Crippen LogP contribution in [0.5, 0.6) is 0 Å². The third-order valence-corrected chi connectivity index (χ3v) is 3.02. The Bertz CT molecular complexity index is 504. The number of nitrogens with one attached hydrogen (secondary N) is 1. The van der Waals surface area contributed by atoms with Gasteiger partial charge in [0.15, 0.2) is 0 Å². The highest BCUT2D eigenvalue weighted by Crippen LogP contribution is 2.23.